The predicted molar refractivity (Wildman–Crippen MR) is 249 cm³/mol. The summed E-state index contributed by atoms with van der Waals surface area (Å²) in [5.41, 5.74) is 1.10. The molecule has 0 amide bonds. The average molecular weight is 1060 g/mol. The molecule has 358 valence electrons. The van der Waals surface area contributed by atoms with Crippen molar-refractivity contribution in [1.29, 1.82) is 0 Å². The Morgan fingerprint density at radius 1 is 0.493 bits per heavy atom. The molecule has 0 saturated carbocycles. The third-order valence-electron chi connectivity index (χ3n) is 9.97. The number of nitrogens with zero attached hydrogens (tertiary/aromatic N) is 2. The molecule has 0 unspecified atom stereocenters. The zero-order valence-electron chi connectivity index (χ0n) is 36.5. The van der Waals surface area contributed by atoms with Gasteiger partial charge in [-0.1, -0.05) is 15.9 Å². The van der Waals surface area contributed by atoms with Crippen LogP contribution in [-0.4, -0.2) is 55.2 Å². The molecule has 6 aromatic carbocycles. The molecule has 0 aliphatic carbocycles. The Labute approximate surface area is 399 Å². The summed E-state index contributed by atoms with van der Waals surface area (Å²) in [6.45, 7) is 1.77. The van der Waals surface area contributed by atoms with Gasteiger partial charge in [-0.2, -0.15) is 0 Å². The SMILES string of the molecule is COc1cc2nccc(Oc3ccc(NS(=O)(=O)c4ccc(Br)c(C)c4)c(F)c3)c2cc1OC.COc1cc2nccc(Oc3ccc(NS(=O)(=O)c4ccc(F)c(F)c4F)c(F)c3)c2cc1OC. The molecule has 0 bridgehead atoms. The van der Waals surface area contributed by atoms with Gasteiger partial charge in [0.05, 0.1) is 55.7 Å². The average Bonchev–Trinajstić information content (AvgIpc) is 3.32. The van der Waals surface area contributed by atoms with E-state index in [1.807, 2.05) is 4.72 Å². The molecule has 2 aromatic heterocycles. The van der Waals surface area contributed by atoms with Crippen LogP contribution in [0.1, 0.15) is 5.56 Å². The quantitative estimate of drug-likeness (QED) is 0.0780. The van der Waals surface area contributed by atoms with Gasteiger partial charge in [-0.05, 0) is 91.3 Å². The third kappa shape index (κ3) is 10.8. The van der Waals surface area contributed by atoms with Crippen LogP contribution in [0.5, 0.6) is 46.0 Å². The Morgan fingerprint density at radius 3 is 1.41 bits per heavy atom. The summed E-state index contributed by atoms with van der Waals surface area (Å²) in [4.78, 5) is 7.40. The maximum absolute atomic E-state index is 14.8. The smallest absolute Gasteiger partial charge is 0.265 e. The van der Waals surface area contributed by atoms with Crippen molar-refractivity contribution in [2.75, 3.05) is 37.9 Å². The monoisotopic (exact) mass is 1050 g/mol. The van der Waals surface area contributed by atoms with E-state index in [0.717, 1.165) is 28.2 Å². The fraction of sp³-hybridized carbons (Fsp3) is 0.106. The molecule has 69 heavy (non-hydrogen) atoms. The molecule has 0 fully saturated rings. The van der Waals surface area contributed by atoms with E-state index in [4.69, 9.17) is 28.4 Å². The number of rotatable bonds is 14. The molecule has 0 radical (unpaired) electrons. The number of methoxy groups -OCH3 is 4. The summed E-state index contributed by atoms with van der Waals surface area (Å²) in [5, 5.41) is 1.17. The van der Waals surface area contributed by atoms with E-state index in [0.29, 0.717) is 68.4 Å². The van der Waals surface area contributed by atoms with Gasteiger partial charge in [-0.25, -0.2) is 38.8 Å². The second kappa shape index (κ2) is 20.4. The largest absolute Gasteiger partial charge is 0.493 e. The predicted octanol–water partition coefficient (Wildman–Crippen LogP) is 11.5. The molecule has 2 N–H and O–H groups in total. The topological polar surface area (TPSA) is 174 Å². The van der Waals surface area contributed by atoms with Gasteiger partial charge in [0.1, 0.15) is 27.9 Å². The van der Waals surface area contributed by atoms with Crippen molar-refractivity contribution in [3.63, 3.8) is 0 Å². The molecule has 0 saturated heterocycles. The van der Waals surface area contributed by atoms with Crippen molar-refractivity contribution in [1.82, 2.24) is 9.97 Å². The van der Waals surface area contributed by atoms with Crippen LogP contribution in [-0.2, 0) is 20.0 Å². The number of pyridine rings is 2. The minimum atomic E-state index is -4.77. The summed E-state index contributed by atoms with van der Waals surface area (Å²) in [6.07, 6.45) is 3.03. The van der Waals surface area contributed by atoms with E-state index < -0.39 is 59.7 Å². The highest BCUT2D eigenvalue weighted by Crippen LogP contribution is 2.39. The number of halogens is 6. The molecular formula is C47H36BrF5N4O10S2. The van der Waals surface area contributed by atoms with Crippen molar-refractivity contribution in [3.05, 3.63) is 155 Å². The second-order valence-electron chi connectivity index (χ2n) is 14.3. The van der Waals surface area contributed by atoms with Gasteiger partial charge >= 0.3 is 0 Å². The minimum absolute atomic E-state index is 0.00624. The van der Waals surface area contributed by atoms with Crippen LogP contribution in [0, 0.1) is 36.0 Å². The number of anilines is 2. The highest BCUT2D eigenvalue weighted by atomic mass is 79.9. The first-order chi connectivity index (χ1) is 32.9. The molecule has 14 nitrogen and oxygen atoms in total. The van der Waals surface area contributed by atoms with Crippen LogP contribution in [0.4, 0.5) is 33.3 Å². The fourth-order valence-electron chi connectivity index (χ4n) is 6.51. The Kier molecular flexibility index (Phi) is 14.6. The normalized spacial score (nSPS) is 11.3. The zero-order valence-corrected chi connectivity index (χ0v) is 39.7. The molecule has 0 aliphatic rings. The van der Waals surface area contributed by atoms with Crippen LogP contribution < -0.4 is 37.9 Å². The highest BCUT2D eigenvalue weighted by Gasteiger charge is 2.26. The van der Waals surface area contributed by atoms with Crippen LogP contribution in [0.15, 0.2) is 130 Å². The summed E-state index contributed by atoms with van der Waals surface area (Å²) in [5.74, 6) is -4.51. The van der Waals surface area contributed by atoms with E-state index in [1.54, 1.807) is 49.5 Å². The van der Waals surface area contributed by atoms with Gasteiger partial charge in [-0.3, -0.25) is 19.4 Å². The number of fused-ring (bicyclic) bond motifs is 2. The Morgan fingerprint density at radius 2 is 0.957 bits per heavy atom. The first kappa shape index (κ1) is 49.5. The summed E-state index contributed by atoms with van der Waals surface area (Å²) in [7, 11) is -2.76. The number of nitrogens with one attached hydrogen (secondary N) is 2. The lowest BCUT2D eigenvalue weighted by molar-refractivity contribution is 0.355. The number of sulfonamides is 2. The molecular weight excluding hydrogens is 1020 g/mol. The Bertz CT molecular complexity index is 3500. The molecule has 22 heteroatoms. The van der Waals surface area contributed by atoms with E-state index in [1.165, 1.54) is 71.0 Å². The molecule has 0 spiro atoms. The summed E-state index contributed by atoms with van der Waals surface area (Å²) in [6, 6.07) is 22.5. The van der Waals surface area contributed by atoms with Crippen molar-refractivity contribution < 1.29 is 67.2 Å². The van der Waals surface area contributed by atoms with E-state index in [2.05, 4.69) is 30.6 Å². The van der Waals surface area contributed by atoms with Crippen molar-refractivity contribution >= 4 is 69.2 Å². The Hall–Kier alpha value is -7.43. The van der Waals surface area contributed by atoms with Gasteiger partial charge in [0.15, 0.2) is 52.1 Å². The third-order valence-corrected chi connectivity index (χ3v) is 13.6. The lowest BCUT2D eigenvalue weighted by atomic mass is 10.2. The van der Waals surface area contributed by atoms with Gasteiger partial charge in [0.2, 0.25) is 0 Å². The number of benzene rings is 6. The molecule has 0 aliphatic heterocycles. The minimum Gasteiger partial charge on any atom is -0.493 e. The van der Waals surface area contributed by atoms with Crippen molar-refractivity contribution in [3.8, 4) is 46.0 Å². The van der Waals surface area contributed by atoms with E-state index >= 15 is 0 Å². The maximum atomic E-state index is 14.8. The van der Waals surface area contributed by atoms with E-state index in [9.17, 15) is 38.8 Å². The first-order valence-corrected chi connectivity index (χ1v) is 23.5. The lowest BCUT2D eigenvalue weighted by Gasteiger charge is -2.13. The number of hydrogen-bond acceptors (Lipinski definition) is 12. The second-order valence-corrected chi connectivity index (χ2v) is 18.5. The standard InChI is InChI=1S/C24H20BrFN2O5S.C23H16F4N2O5S/c1-14-10-16(5-6-18(14)25)34(29,30)28-20-7-4-15(11-19(20)26)33-22-8-9-27-21-13-24(32-3)23(31-2)12-17(21)22;1-32-19-10-13-17(11-20(19)33-2)28-8-7-18(13)34-12-3-5-16(15(25)9-12)29-35(30,31)21-6-4-14(24)22(26)23(21)27/h4-13,28H,1-3H3;3-11,29H,1-2H3. The number of ether oxygens (including phenoxy) is 6. The van der Waals surface area contributed by atoms with Crippen LogP contribution >= 0.6 is 15.9 Å². The number of hydrogen-bond donors (Lipinski definition) is 2. The maximum Gasteiger partial charge on any atom is 0.265 e. The number of aromatic nitrogens is 2. The van der Waals surface area contributed by atoms with Gasteiger partial charge in [0, 0.05) is 51.9 Å². The van der Waals surface area contributed by atoms with Crippen LogP contribution in [0.2, 0.25) is 0 Å². The van der Waals surface area contributed by atoms with Crippen molar-refractivity contribution in [2.45, 2.75) is 16.7 Å². The van der Waals surface area contributed by atoms with Gasteiger partial charge in [0.25, 0.3) is 20.0 Å². The molecule has 8 rings (SSSR count). The zero-order chi connectivity index (χ0) is 49.8. The van der Waals surface area contributed by atoms with Crippen LogP contribution in [0.25, 0.3) is 21.8 Å². The first-order valence-electron chi connectivity index (χ1n) is 19.8. The summed E-state index contributed by atoms with van der Waals surface area (Å²) < 4.78 is 158. The molecule has 0 atom stereocenters. The van der Waals surface area contributed by atoms with Crippen molar-refractivity contribution in [2.24, 2.45) is 0 Å². The van der Waals surface area contributed by atoms with Gasteiger partial charge in [-0.15, -0.1) is 0 Å². The summed E-state index contributed by atoms with van der Waals surface area (Å²) >= 11 is 3.33. The number of aryl methyl sites for hydroxylation is 1. The Balaban J connectivity index is 0.000000204. The molecule has 8 aromatic rings. The highest BCUT2D eigenvalue weighted by molar-refractivity contribution is 9.10. The molecule has 2 heterocycles. The fourth-order valence-corrected chi connectivity index (χ4v) is 9.05. The van der Waals surface area contributed by atoms with Gasteiger partial charge < -0.3 is 28.4 Å². The van der Waals surface area contributed by atoms with E-state index in [-0.39, 0.29) is 22.1 Å². The lowest BCUT2D eigenvalue weighted by Crippen LogP contribution is -2.16. The van der Waals surface area contributed by atoms with Crippen LogP contribution in [0.3, 0.4) is 0 Å².